The highest BCUT2D eigenvalue weighted by Crippen LogP contribution is 2.37. The number of nitrogens with zero attached hydrogens (tertiary/aromatic N) is 2. The minimum Gasteiger partial charge on any atom is -0.437 e. The van der Waals surface area contributed by atoms with Crippen LogP contribution in [0.5, 0.6) is 0 Å². The zero-order valence-corrected chi connectivity index (χ0v) is 15.0. The summed E-state index contributed by atoms with van der Waals surface area (Å²) in [4.78, 5) is 9.00. The molecule has 0 aliphatic heterocycles. The minimum atomic E-state index is -2.48. The summed E-state index contributed by atoms with van der Waals surface area (Å²) in [6.07, 6.45) is 1.14. The highest BCUT2D eigenvalue weighted by molar-refractivity contribution is 6.08. The van der Waals surface area contributed by atoms with E-state index in [1.54, 1.807) is 18.2 Å². The lowest BCUT2D eigenvalue weighted by molar-refractivity contribution is 0.638. The van der Waals surface area contributed by atoms with Gasteiger partial charge in [0.05, 0.1) is 5.69 Å². The predicted molar refractivity (Wildman–Crippen MR) is 110 cm³/mol. The van der Waals surface area contributed by atoms with Gasteiger partial charge in [0, 0.05) is 43.7 Å². The molecule has 0 spiro atoms. The summed E-state index contributed by atoms with van der Waals surface area (Å²) >= 11 is 0. The zero-order valence-electron chi connectivity index (χ0n) is 22.0. The summed E-state index contributed by atoms with van der Waals surface area (Å²) in [6, 6.07) is 12.5. The van der Waals surface area contributed by atoms with Gasteiger partial charge in [-0.25, -0.2) is 4.98 Å². The second kappa shape index (κ2) is 6.49. The summed E-state index contributed by atoms with van der Waals surface area (Å²) in [5.41, 5.74) is 2.82. The van der Waals surface area contributed by atoms with Crippen LogP contribution >= 0.6 is 0 Å². The van der Waals surface area contributed by atoms with E-state index in [0.717, 1.165) is 10.8 Å². The van der Waals surface area contributed by atoms with E-state index >= 15 is 0 Å². The highest BCUT2D eigenvalue weighted by Gasteiger charge is 2.20. The van der Waals surface area contributed by atoms with Crippen LogP contribution in [-0.2, 0) is 0 Å². The van der Waals surface area contributed by atoms with E-state index in [2.05, 4.69) is 9.97 Å². The first-order valence-electron chi connectivity index (χ1n) is 12.6. The Bertz CT molecular complexity index is 1390. The van der Waals surface area contributed by atoms with Crippen LogP contribution in [0.1, 0.15) is 72.1 Å². The minimum absolute atomic E-state index is 0.297. The molecular weight excluding hydrogens is 332 g/mol. The summed E-state index contributed by atoms with van der Waals surface area (Å²) in [5.74, 6) is -3.19. The van der Waals surface area contributed by atoms with Crippen molar-refractivity contribution in [1.82, 2.24) is 9.97 Å². The van der Waals surface area contributed by atoms with Gasteiger partial charge in [0.15, 0.2) is 0 Å². The van der Waals surface area contributed by atoms with Gasteiger partial charge in [-0.15, -0.1) is 0 Å². The smallest absolute Gasteiger partial charge is 0.227 e. The van der Waals surface area contributed by atoms with Gasteiger partial charge in [-0.1, -0.05) is 44.8 Å². The van der Waals surface area contributed by atoms with Crippen LogP contribution in [0.15, 0.2) is 53.1 Å². The van der Waals surface area contributed by atoms with Gasteiger partial charge < -0.3 is 4.42 Å². The maximum absolute atomic E-state index is 8.78. The molecule has 0 radical (unpaired) electrons. The lowest BCUT2D eigenvalue weighted by Gasteiger charge is -2.06. The van der Waals surface area contributed by atoms with Crippen molar-refractivity contribution in [3.8, 4) is 11.3 Å². The van der Waals surface area contributed by atoms with Crippen LogP contribution in [0.4, 0.5) is 0 Å². The monoisotopic (exact) mass is 363 g/mol. The molecule has 1 aliphatic carbocycles. The van der Waals surface area contributed by atoms with Crippen molar-refractivity contribution in [1.29, 1.82) is 0 Å². The van der Waals surface area contributed by atoms with E-state index in [0.29, 0.717) is 53.1 Å². The fraction of sp³-hybridized carbons (Fsp3) is 0.333. The van der Waals surface area contributed by atoms with Crippen molar-refractivity contribution in [2.45, 2.75) is 51.2 Å². The van der Waals surface area contributed by atoms with Crippen molar-refractivity contribution in [3.63, 3.8) is 0 Å². The van der Waals surface area contributed by atoms with Gasteiger partial charge in [-0.3, -0.25) is 4.98 Å². The molecule has 5 rings (SSSR count). The van der Waals surface area contributed by atoms with E-state index in [4.69, 9.17) is 14.0 Å². The average Bonchev–Trinajstić information content (AvgIpc) is 3.29. The van der Waals surface area contributed by atoms with Crippen LogP contribution in [-0.4, -0.2) is 9.97 Å². The van der Waals surface area contributed by atoms with Crippen LogP contribution in [0.2, 0.25) is 0 Å². The lowest BCUT2D eigenvalue weighted by atomic mass is 10.0. The first-order chi connectivity index (χ1) is 15.9. The third-order valence-electron chi connectivity index (χ3n) is 5.09. The van der Waals surface area contributed by atoms with Gasteiger partial charge >= 0.3 is 0 Å². The second-order valence-electron chi connectivity index (χ2n) is 6.90. The van der Waals surface area contributed by atoms with E-state index in [-0.39, 0.29) is 0 Å². The fourth-order valence-electron chi connectivity index (χ4n) is 3.64. The molecule has 1 fully saturated rings. The van der Waals surface area contributed by atoms with Gasteiger partial charge in [-0.05, 0) is 48.5 Å². The second-order valence-corrected chi connectivity index (χ2v) is 6.90. The Hall–Kier alpha value is -2.68. The van der Waals surface area contributed by atoms with Crippen LogP contribution in [0.25, 0.3) is 33.3 Å². The molecule has 0 amide bonds. The van der Waals surface area contributed by atoms with E-state index in [1.807, 2.05) is 24.3 Å². The quantitative estimate of drug-likeness (QED) is 0.401. The Labute approximate surface area is 169 Å². The molecular formula is C24H24N2O. The Kier molecular flexibility index (Phi) is 2.55. The number of para-hydroxylation sites is 1. The molecule has 3 heteroatoms. The number of benzene rings is 1. The molecule has 1 aliphatic rings. The highest BCUT2D eigenvalue weighted by atomic mass is 16.3. The molecule has 4 aromatic rings. The van der Waals surface area contributed by atoms with Crippen molar-refractivity contribution >= 4 is 22.1 Å². The van der Waals surface area contributed by atoms with Crippen LogP contribution in [0.3, 0.4) is 0 Å². The largest absolute Gasteiger partial charge is 0.437 e. The zero-order chi connectivity index (χ0) is 24.5. The Morgan fingerprint density at radius 2 is 2.19 bits per heavy atom. The fourth-order valence-corrected chi connectivity index (χ4v) is 3.64. The number of furan rings is 1. The molecule has 27 heavy (non-hydrogen) atoms. The average molecular weight is 364 g/mol. The molecule has 136 valence electrons. The molecule has 0 saturated heterocycles. The number of hydrogen-bond donors (Lipinski definition) is 0. The van der Waals surface area contributed by atoms with Crippen molar-refractivity contribution in [2.24, 2.45) is 0 Å². The summed E-state index contributed by atoms with van der Waals surface area (Å²) in [5, 5.41) is 1.58. The normalized spacial score (nSPS) is 28.4. The number of fused-ring (bicyclic) bond motifs is 3. The standard InChI is InChI=1S/C24H24N2O/c1-15(2)17-10-12-22(25-14-17)20-9-5-8-18-19-11-13-21(16-6-3-4-7-16)26-24(19)27-23(18)20/h5,8-16H,3-4,6-7H2,1-2H3/i1D3,6D2,15D,16D. The first-order valence-corrected chi connectivity index (χ1v) is 9.15. The van der Waals surface area contributed by atoms with Crippen molar-refractivity contribution < 1.29 is 14.0 Å². The molecule has 3 heterocycles. The summed E-state index contributed by atoms with van der Waals surface area (Å²) in [6.45, 7) is -1.13. The molecule has 1 saturated carbocycles. The van der Waals surface area contributed by atoms with Gasteiger partial charge in [-0.2, -0.15) is 0 Å². The maximum Gasteiger partial charge on any atom is 0.227 e. The summed E-state index contributed by atoms with van der Waals surface area (Å²) < 4.78 is 62.7. The van der Waals surface area contributed by atoms with Gasteiger partial charge in [0.1, 0.15) is 5.58 Å². The molecule has 0 bridgehead atoms. The van der Waals surface area contributed by atoms with E-state index in [1.165, 1.54) is 13.1 Å². The SMILES string of the molecule is [2H]C([2H])([2H])C([2H])(C)c1ccc(-c2cccc3c2oc2nc(C4([2H])CCCC4([2H])[2H])ccc23)nc1. The summed E-state index contributed by atoms with van der Waals surface area (Å²) in [7, 11) is 0. The molecule has 2 unspecified atom stereocenters. The van der Waals surface area contributed by atoms with Crippen molar-refractivity contribution in [3.05, 3.63) is 59.9 Å². The molecule has 3 aromatic heterocycles. The Morgan fingerprint density at radius 3 is 2.96 bits per heavy atom. The lowest BCUT2D eigenvalue weighted by Crippen LogP contribution is -1.95. The maximum atomic E-state index is 8.78. The number of rotatable bonds is 3. The number of pyridine rings is 2. The van der Waals surface area contributed by atoms with Gasteiger partial charge in [0.2, 0.25) is 5.71 Å². The third-order valence-corrected chi connectivity index (χ3v) is 5.09. The molecule has 3 nitrogen and oxygen atoms in total. The van der Waals surface area contributed by atoms with Crippen molar-refractivity contribution in [2.75, 3.05) is 0 Å². The molecule has 0 N–H and O–H groups in total. The predicted octanol–water partition coefficient (Wildman–Crippen LogP) is 6.82. The van der Waals surface area contributed by atoms with E-state index < -0.39 is 25.0 Å². The Morgan fingerprint density at radius 1 is 1.22 bits per heavy atom. The topological polar surface area (TPSA) is 38.9 Å². The first kappa shape index (κ1) is 10.6. The molecule has 2 atom stereocenters. The van der Waals surface area contributed by atoms with E-state index in [9.17, 15) is 0 Å². The molecule has 1 aromatic carbocycles. The Balaban J connectivity index is 1.60. The van der Waals surface area contributed by atoms with Crippen LogP contribution in [0, 0.1) is 0 Å². The third kappa shape index (κ3) is 2.82. The van der Waals surface area contributed by atoms with Gasteiger partial charge in [0.25, 0.3) is 0 Å². The number of hydrogen-bond acceptors (Lipinski definition) is 3. The van der Waals surface area contributed by atoms with Crippen LogP contribution < -0.4 is 0 Å². The number of aromatic nitrogens is 2.